The van der Waals surface area contributed by atoms with Gasteiger partial charge < -0.3 is 5.32 Å². The fourth-order valence-corrected chi connectivity index (χ4v) is 2.12. The van der Waals surface area contributed by atoms with Crippen molar-refractivity contribution in [1.82, 2.24) is 9.97 Å². The summed E-state index contributed by atoms with van der Waals surface area (Å²) in [5.41, 5.74) is 1.39. The van der Waals surface area contributed by atoms with Crippen molar-refractivity contribution in [1.29, 1.82) is 0 Å². The lowest BCUT2D eigenvalue weighted by molar-refractivity contribution is 0.545. The normalized spacial score (nSPS) is 11.6. The van der Waals surface area contributed by atoms with E-state index in [9.17, 15) is 0 Å². The zero-order valence-corrected chi connectivity index (χ0v) is 14.5. The zero-order valence-electron chi connectivity index (χ0n) is 12.3. The maximum atomic E-state index is 6.21. The Kier molecular flexibility index (Phi) is 4.66. The van der Waals surface area contributed by atoms with E-state index >= 15 is 0 Å². The topological polar surface area (TPSA) is 37.8 Å². The first-order chi connectivity index (χ1) is 9.68. The molecule has 0 radical (unpaired) electrons. The summed E-state index contributed by atoms with van der Waals surface area (Å²) >= 11 is 18.2. The Bertz CT molecular complexity index is 679. The highest BCUT2D eigenvalue weighted by molar-refractivity contribution is 6.42. The number of hydrogen-bond donors (Lipinski definition) is 1. The second-order valence-electron chi connectivity index (χ2n) is 5.82. The van der Waals surface area contributed by atoms with Crippen molar-refractivity contribution in [2.24, 2.45) is 0 Å². The van der Waals surface area contributed by atoms with Crippen LogP contribution in [0.1, 0.15) is 32.2 Å². The van der Waals surface area contributed by atoms with Gasteiger partial charge in [0.25, 0.3) is 0 Å². The Morgan fingerprint density at radius 3 is 2.24 bits per heavy atom. The van der Waals surface area contributed by atoms with E-state index < -0.39 is 0 Å². The molecule has 0 aliphatic heterocycles. The molecule has 21 heavy (non-hydrogen) atoms. The molecule has 0 amide bonds. The third-order valence-corrected chi connectivity index (χ3v) is 4.05. The minimum Gasteiger partial charge on any atom is -0.340 e. The fourth-order valence-electron chi connectivity index (χ4n) is 1.66. The number of rotatable bonds is 2. The monoisotopic (exact) mass is 343 g/mol. The van der Waals surface area contributed by atoms with E-state index in [2.05, 4.69) is 15.3 Å². The van der Waals surface area contributed by atoms with Crippen LogP contribution in [-0.2, 0) is 5.41 Å². The average Bonchev–Trinajstić information content (AvgIpc) is 2.38. The van der Waals surface area contributed by atoms with Gasteiger partial charge in [0.2, 0.25) is 0 Å². The summed E-state index contributed by atoms with van der Waals surface area (Å²) < 4.78 is 0. The van der Waals surface area contributed by atoms with E-state index in [0.29, 0.717) is 26.8 Å². The number of nitrogens with zero attached hydrogens (tertiary/aromatic N) is 2. The van der Waals surface area contributed by atoms with E-state index in [0.717, 1.165) is 11.3 Å². The van der Waals surface area contributed by atoms with Crippen LogP contribution in [0, 0.1) is 6.92 Å². The molecule has 1 aromatic carbocycles. The van der Waals surface area contributed by atoms with Crippen molar-refractivity contribution in [2.75, 3.05) is 5.32 Å². The van der Waals surface area contributed by atoms with Crippen LogP contribution in [0.2, 0.25) is 15.2 Å². The van der Waals surface area contributed by atoms with Gasteiger partial charge in [0.15, 0.2) is 0 Å². The molecule has 0 aliphatic rings. The summed E-state index contributed by atoms with van der Waals surface area (Å²) in [7, 11) is 0. The Hall–Kier alpha value is -1.03. The molecule has 0 unspecified atom stereocenters. The molecule has 0 atom stereocenters. The van der Waals surface area contributed by atoms with Crippen molar-refractivity contribution in [3.8, 4) is 0 Å². The summed E-state index contributed by atoms with van der Waals surface area (Å²) in [4.78, 5) is 8.91. The molecule has 0 aliphatic carbocycles. The first kappa shape index (κ1) is 16.3. The number of halogens is 3. The minimum atomic E-state index is -0.189. The van der Waals surface area contributed by atoms with Crippen LogP contribution in [0.3, 0.4) is 0 Å². The highest BCUT2D eigenvalue weighted by atomic mass is 35.5. The second-order valence-corrected chi connectivity index (χ2v) is 6.99. The van der Waals surface area contributed by atoms with Crippen LogP contribution in [0.5, 0.6) is 0 Å². The SMILES string of the molecule is Cc1c(Cl)nc(C(C)(C)C)nc1Nc1ccc(Cl)c(Cl)c1. The van der Waals surface area contributed by atoms with Gasteiger partial charge in [-0.1, -0.05) is 55.6 Å². The maximum Gasteiger partial charge on any atom is 0.138 e. The van der Waals surface area contributed by atoms with E-state index in [-0.39, 0.29) is 5.41 Å². The minimum absolute atomic E-state index is 0.189. The maximum absolute atomic E-state index is 6.21. The molecule has 0 fully saturated rings. The lowest BCUT2D eigenvalue weighted by Gasteiger charge is -2.19. The zero-order chi connectivity index (χ0) is 15.8. The molecule has 0 bridgehead atoms. The van der Waals surface area contributed by atoms with Gasteiger partial charge in [-0.15, -0.1) is 0 Å². The van der Waals surface area contributed by atoms with Crippen LogP contribution in [0.25, 0.3) is 0 Å². The standard InChI is InChI=1S/C15H16Cl3N3/c1-8-12(18)20-14(15(2,3)4)21-13(8)19-9-5-6-10(16)11(17)7-9/h5-7H,1-4H3,(H,19,20,21). The van der Waals surface area contributed by atoms with Gasteiger partial charge in [-0.3, -0.25) is 0 Å². The molecule has 2 aromatic rings. The van der Waals surface area contributed by atoms with Gasteiger partial charge in [0.1, 0.15) is 16.8 Å². The van der Waals surface area contributed by atoms with Gasteiger partial charge in [-0.25, -0.2) is 9.97 Å². The average molecular weight is 345 g/mol. The quantitative estimate of drug-likeness (QED) is 0.701. The Morgan fingerprint density at radius 2 is 1.67 bits per heavy atom. The fraction of sp³-hybridized carbons (Fsp3) is 0.333. The first-order valence-electron chi connectivity index (χ1n) is 6.45. The molecule has 1 heterocycles. The third-order valence-electron chi connectivity index (χ3n) is 2.94. The van der Waals surface area contributed by atoms with E-state index in [1.165, 1.54) is 0 Å². The predicted octanol–water partition coefficient (Wildman–Crippen LogP) is 5.79. The largest absolute Gasteiger partial charge is 0.340 e. The summed E-state index contributed by atoms with van der Waals surface area (Å²) in [6.45, 7) is 7.99. The Labute approximate surface area is 139 Å². The van der Waals surface area contributed by atoms with Gasteiger partial charge in [-0.2, -0.15) is 0 Å². The molecule has 0 saturated heterocycles. The highest BCUT2D eigenvalue weighted by Gasteiger charge is 2.20. The lowest BCUT2D eigenvalue weighted by atomic mass is 9.95. The van der Waals surface area contributed by atoms with E-state index in [1.807, 2.05) is 33.8 Å². The van der Waals surface area contributed by atoms with Gasteiger partial charge in [0.05, 0.1) is 10.0 Å². The molecule has 3 nitrogen and oxygen atoms in total. The van der Waals surface area contributed by atoms with Gasteiger partial charge in [-0.05, 0) is 25.1 Å². The summed E-state index contributed by atoms with van der Waals surface area (Å²) in [5.74, 6) is 1.35. The van der Waals surface area contributed by atoms with Crippen LogP contribution in [-0.4, -0.2) is 9.97 Å². The van der Waals surface area contributed by atoms with Crippen LogP contribution in [0.15, 0.2) is 18.2 Å². The molecular formula is C15H16Cl3N3. The van der Waals surface area contributed by atoms with E-state index in [4.69, 9.17) is 34.8 Å². The summed E-state index contributed by atoms with van der Waals surface area (Å²) in [6.07, 6.45) is 0. The van der Waals surface area contributed by atoms with Crippen LogP contribution < -0.4 is 5.32 Å². The van der Waals surface area contributed by atoms with Crippen LogP contribution >= 0.6 is 34.8 Å². The number of benzene rings is 1. The molecule has 0 saturated carbocycles. The third kappa shape index (κ3) is 3.79. The van der Waals surface area contributed by atoms with Crippen molar-refractivity contribution < 1.29 is 0 Å². The Morgan fingerprint density at radius 1 is 1.00 bits per heavy atom. The smallest absolute Gasteiger partial charge is 0.138 e. The van der Waals surface area contributed by atoms with Crippen LogP contribution in [0.4, 0.5) is 11.5 Å². The lowest BCUT2D eigenvalue weighted by Crippen LogP contribution is -2.17. The second kappa shape index (κ2) is 5.99. The molecule has 2 rings (SSSR count). The molecule has 1 N–H and O–H groups in total. The highest BCUT2D eigenvalue weighted by Crippen LogP contribution is 2.30. The summed E-state index contributed by atoms with van der Waals surface area (Å²) in [5, 5.41) is 4.65. The van der Waals surface area contributed by atoms with Crippen molar-refractivity contribution in [3.05, 3.63) is 44.8 Å². The van der Waals surface area contributed by atoms with Crippen molar-refractivity contribution >= 4 is 46.3 Å². The first-order valence-corrected chi connectivity index (χ1v) is 7.58. The molecule has 112 valence electrons. The summed E-state index contributed by atoms with van der Waals surface area (Å²) in [6, 6.07) is 5.31. The number of hydrogen-bond acceptors (Lipinski definition) is 3. The number of nitrogens with one attached hydrogen (secondary N) is 1. The van der Waals surface area contributed by atoms with Gasteiger partial charge in [0, 0.05) is 16.7 Å². The number of anilines is 2. The van der Waals surface area contributed by atoms with Gasteiger partial charge >= 0.3 is 0 Å². The Balaban J connectivity index is 2.43. The molecular weight excluding hydrogens is 329 g/mol. The predicted molar refractivity (Wildman–Crippen MR) is 90.2 cm³/mol. The molecule has 1 aromatic heterocycles. The molecule has 6 heteroatoms. The van der Waals surface area contributed by atoms with Crippen molar-refractivity contribution in [3.63, 3.8) is 0 Å². The van der Waals surface area contributed by atoms with Crippen molar-refractivity contribution in [2.45, 2.75) is 33.1 Å². The van der Waals surface area contributed by atoms with E-state index in [1.54, 1.807) is 12.1 Å². The number of aromatic nitrogens is 2. The molecule has 0 spiro atoms.